The fraction of sp³-hybridized carbons (Fsp3) is 0.357. The molecule has 1 heterocycles. The molecule has 0 amide bonds. The fourth-order valence-electron chi connectivity index (χ4n) is 2.07. The number of benzene rings is 1. The summed E-state index contributed by atoms with van der Waals surface area (Å²) in [4.78, 5) is 4.37. The van der Waals surface area contributed by atoms with Crippen LogP contribution in [-0.4, -0.2) is 16.4 Å². The molecule has 2 aromatic rings. The van der Waals surface area contributed by atoms with Crippen molar-refractivity contribution >= 4 is 28.0 Å². The van der Waals surface area contributed by atoms with Crippen LogP contribution in [0, 0.1) is 0 Å². The van der Waals surface area contributed by atoms with Gasteiger partial charge in [0.15, 0.2) is 0 Å². The van der Waals surface area contributed by atoms with Gasteiger partial charge in [0.05, 0.1) is 0 Å². The van der Waals surface area contributed by atoms with Crippen LogP contribution < -0.4 is 5.73 Å². The molecule has 0 aliphatic rings. The van der Waals surface area contributed by atoms with Gasteiger partial charge >= 0.3 is 0 Å². The lowest BCUT2D eigenvalue weighted by atomic mass is 10.0. The van der Waals surface area contributed by atoms with Gasteiger partial charge in [-0.1, -0.05) is 24.4 Å². The van der Waals surface area contributed by atoms with Crippen LogP contribution in [0.15, 0.2) is 30.5 Å². The molecule has 0 spiro atoms. The summed E-state index contributed by atoms with van der Waals surface area (Å²) in [7, 11) is 0. The Hall–Kier alpha value is -1.19. The Morgan fingerprint density at radius 1 is 1.24 bits per heavy atom. The number of aromatic amines is 1. The molecule has 3 heteroatoms. The summed E-state index contributed by atoms with van der Waals surface area (Å²) in [6.07, 6.45) is 5.99. The first-order valence-electron chi connectivity index (χ1n) is 6.08. The average molecular weight is 246 g/mol. The molecule has 0 aliphatic carbocycles. The molecule has 0 saturated heterocycles. The Morgan fingerprint density at radius 3 is 2.94 bits per heavy atom. The monoisotopic (exact) mass is 246 g/mol. The third-order valence-corrected chi connectivity index (χ3v) is 3.43. The van der Waals surface area contributed by atoms with Crippen molar-refractivity contribution in [2.75, 3.05) is 6.54 Å². The van der Waals surface area contributed by atoms with Gasteiger partial charge in [0.2, 0.25) is 0 Å². The summed E-state index contributed by atoms with van der Waals surface area (Å²) in [5.41, 5.74) is 8.06. The van der Waals surface area contributed by atoms with E-state index < -0.39 is 0 Å². The van der Waals surface area contributed by atoms with Gasteiger partial charge < -0.3 is 10.7 Å². The van der Waals surface area contributed by atoms with Crippen LogP contribution in [-0.2, 0) is 6.42 Å². The minimum absolute atomic E-state index is 0.730. The van der Waals surface area contributed by atoms with Crippen LogP contribution in [0.1, 0.15) is 24.8 Å². The van der Waals surface area contributed by atoms with Crippen LogP contribution in [0.5, 0.6) is 0 Å². The van der Waals surface area contributed by atoms with Crippen LogP contribution in [0.4, 0.5) is 0 Å². The lowest BCUT2D eigenvalue weighted by Crippen LogP contribution is -2.03. The maximum Gasteiger partial charge on any atom is 0.0456 e. The van der Waals surface area contributed by atoms with E-state index in [1.165, 1.54) is 16.5 Å². The van der Waals surface area contributed by atoms with Crippen LogP contribution in [0.2, 0.25) is 0 Å². The van der Waals surface area contributed by atoms with E-state index in [-0.39, 0.29) is 0 Å². The Labute approximate surface area is 107 Å². The molecule has 1 aromatic heterocycles. The number of rotatable bonds is 6. The third-order valence-electron chi connectivity index (χ3n) is 3.02. The topological polar surface area (TPSA) is 41.8 Å². The maximum absolute atomic E-state index is 5.48. The fourth-order valence-corrected chi connectivity index (χ4v) is 2.31. The number of nitrogens with two attached hydrogens (primary N) is 1. The minimum Gasteiger partial charge on any atom is -0.361 e. The number of nitrogens with one attached hydrogen (secondary N) is 1. The van der Waals surface area contributed by atoms with Crippen molar-refractivity contribution in [1.82, 2.24) is 4.98 Å². The van der Waals surface area contributed by atoms with Crippen molar-refractivity contribution in [3.8, 4) is 0 Å². The molecule has 0 bridgehead atoms. The predicted octanol–water partition coefficient (Wildman–Crippen LogP) is 3.21. The van der Waals surface area contributed by atoms with Gasteiger partial charge in [-0.3, -0.25) is 0 Å². The Bertz CT molecular complexity index is 502. The normalized spacial score (nSPS) is 10.9. The number of thiocarbonyl (C=S) groups is 1. The van der Waals surface area contributed by atoms with Gasteiger partial charge in [0.25, 0.3) is 0 Å². The number of aromatic nitrogens is 1. The minimum atomic E-state index is 0.730. The van der Waals surface area contributed by atoms with Gasteiger partial charge in [-0.15, -0.1) is 0 Å². The van der Waals surface area contributed by atoms with E-state index in [1.807, 2.05) is 6.20 Å². The van der Waals surface area contributed by atoms with Crippen LogP contribution in [0.25, 0.3) is 10.9 Å². The standard InChI is InChI=1S/C14H18N2S/c15-9-2-4-12(17)7-6-11-3-1-5-14-13(11)8-10-16-14/h1,3,5,8,10,16H,2,4,6-7,9,15H2. The van der Waals surface area contributed by atoms with Crippen molar-refractivity contribution in [2.45, 2.75) is 25.7 Å². The van der Waals surface area contributed by atoms with Gasteiger partial charge in [-0.2, -0.15) is 0 Å². The number of aryl methyl sites for hydroxylation is 1. The van der Waals surface area contributed by atoms with Crippen molar-refractivity contribution in [3.05, 3.63) is 36.0 Å². The van der Waals surface area contributed by atoms with Crippen molar-refractivity contribution in [1.29, 1.82) is 0 Å². The quantitative estimate of drug-likeness (QED) is 0.768. The largest absolute Gasteiger partial charge is 0.361 e. The number of hydrogen-bond donors (Lipinski definition) is 2. The van der Waals surface area contributed by atoms with Gasteiger partial charge in [0.1, 0.15) is 0 Å². The van der Waals surface area contributed by atoms with Crippen LogP contribution >= 0.6 is 12.2 Å². The molecule has 17 heavy (non-hydrogen) atoms. The highest BCUT2D eigenvalue weighted by molar-refractivity contribution is 7.80. The molecular formula is C14H18N2S. The lowest BCUT2D eigenvalue weighted by molar-refractivity contribution is 0.866. The van der Waals surface area contributed by atoms with Crippen molar-refractivity contribution in [2.24, 2.45) is 5.73 Å². The highest BCUT2D eigenvalue weighted by Gasteiger charge is 2.03. The summed E-state index contributed by atoms with van der Waals surface area (Å²) in [6, 6.07) is 8.51. The third kappa shape index (κ3) is 3.14. The molecule has 90 valence electrons. The van der Waals surface area contributed by atoms with E-state index >= 15 is 0 Å². The van der Waals surface area contributed by atoms with E-state index in [4.69, 9.17) is 18.0 Å². The summed E-state index contributed by atoms with van der Waals surface area (Å²) in [5, 5.41) is 1.31. The number of fused-ring (bicyclic) bond motifs is 1. The zero-order valence-corrected chi connectivity index (χ0v) is 10.7. The molecule has 1 aromatic carbocycles. The van der Waals surface area contributed by atoms with E-state index in [0.29, 0.717) is 0 Å². The van der Waals surface area contributed by atoms with Crippen molar-refractivity contribution < 1.29 is 0 Å². The summed E-state index contributed by atoms with van der Waals surface area (Å²) in [6.45, 7) is 0.730. The van der Waals surface area contributed by atoms with E-state index in [1.54, 1.807) is 0 Å². The second-order valence-corrected chi connectivity index (χ2v) is 4.86. The Morgan fingerprint density at radius 2 is 2.12 bits per heavy atom. The van der Waals surface area contributed by atoms with Gasteiger partial charge in [-0.05, 0) is 54.8 Å². The highest BCUT2D eigenvalue weighted by Crippen LogP contribution is 2.19. The molecule has 0 unspecified atom stereocenters. The molecule has 0 aliphatic heterocycles. The highest BCUT2D eigenvalue weighted by atomic mass is 32.1. The first-order chi connectivity index (χ1) is 8.31. The zero-order chi connectivity index (χ0) is 12.1. The predicted molar refractivity (Wildman–Crippen MR) is 77.5 cm³/mol. The maximum atomic E-state index is 5.48. The molecule has 2 rings (SSSR count). The summed E-state index contributed by atoms with van der Waals surface area (Å²) >= 11 is 5.36. The second kappa shape index (κ2) is 5.94. The van der Waals surface area contributed by atoms with Gasteiger partial charge in [-0.25, -0.2) is 0 Å². The molecule has 0 saturated carbocycles. The van der Waals surface area contributed by atoms with E-state index in [0.717, 1.165) is 37.1 Å². The SMILES string of the molecule is NCCCC(=S)CCc1cccc2[nH]ccc12. The van der Waals surface area contributed by atoms with E-state index in [9.17, 15) is 0 Å². The Balaban J connectivity index is 1.99. The number of H-pyrrole nitrogens is 1. The average Bonchev–Trinajstić information content (AvgIpc) is 2.82. The molecule has 2 nitrogen and oxygen atoms in total. The Kier molecular flexibility index (Phi) is 4.29. The molecular weight excluding hydrogens is 228 g/mol. The van der Waals surface area contributed by atoms with Gasteiger partial charge in [0, 0.05) is 17.1 Å². The molecule has 0 atom stereocenters. The van der Waals surface area contributed by atoms with E-state index in [2.05, 4.69) is 29.2 Å². The number of hydrogen-bond acceptors (Lipinski definition) is 2. The zero-order valence-electron chi connectivity index (χ0n) is 9.91. The summed E-state index contributed by atoms with van der Waals surface area (Å²) in [5.74, 6) is 0. The second-order valence-electron chi connectivity index (χ2n) is 4.29. The smallest absolute Gasteiger partial charge is 0.0456 e. The molecule has 0 fully saturated rings. The van der Waals surface area contributed by atoms with Crippen molar-refractivity contribution in [3.63, 3.8) is 0 Å². The molecule has 0 radical (unpaired) electrons. The first kappa shape index (κ1) is 12.3. The van der Waals surface area contributed by atoms with Crippen LogP contribution in [0.3, 0.4) is 0 Å². The first-order valence-corrected chi connectivity index (χ1v) is 6.49. The summed E-state index contributed by atoms with van der Waals surface area (Å²) < 4.78 is 0. The molecule has 3 N–H and O–H groups in total. The lowest BCUT2D eigenvalue weighted by Gasteiger charge is -2.05.